The summed E-state index contributed by atoms with van der Waals surface area (Å²) in [6.07, 6.45) is -15.5. The lowest BCUT2D eigenvalue weighted by molar-refractivity contribution is -0.143. The average Bonchev–Trinajstić information content (AvgIpc) is 2.67. The van der Waals surface area contributed by atoms with Gasteiger partial charge in [-0.05, 0) is 26.0 Å². The van der Waals surface area contributed by atoms with Gasteiger partial charge in [0.2, 0.25) is 5.62 Å². The van der Waals surface area contributed by atoms with Crippen LogP contribution in [0.2, 0.25) is 5.02 Å². The molecule has 2 aromatic rings. The highest BCUT2D eigenvalue weighted by Crippen LogP contribution is 2.43. The highest BCUT2D eigenvalue weighted by molar-refractivity contribution is 6.33. The maximum absolute atomic E-state index is 13.3. The Morgan fingerprint density at radius 2 is 1.64 bits per heavy atom. The Balaban J connectivity index is 2.92. The summed E-state index contributed by atoms with van der Waals surface area (Å²) in [5.41, 5.74) is -7.09. The number of ether oxygens (including phenoxy) is 1. The molecule has 0 saturated heterocycles. The Bertz CT molecular complexity index is 1150. The maximum Gasteiger partial charge on any atom is 0.433 e. The van der Waals surface area contributed by atoms with E-state index in [1.807, 2.05) is 0 Å². The van der Waals surface area contributed by atoms with Crippen LogP contribution in [0.4, 0.5) is 45.2 Å². The standard InChI is InChI=1S/C19H13ClF9N3O/c1-3-5-6-33-14-9-13(19(27,28)29)31-16(32(14)4-2)30-12-8-10(17(21,22)23)7-11(15(12)20)18(24,25)26/h7-9H,4,6H2,1-2H3. The van der Waals surface area contributed by atoms with Crippen molar-refractivity contribution in [1.29, 1.82) is 0 Å². The van der Waals surface area contributed by atoms with Crippen LogP contribution in [0.1, 0.15) is 30.7 Å². The van der Waals surface area contributed by atoms with Crippen LogP contribution >= 0.6 is 11.6 Å². The number of benzene rings is 1. The molecule has 0 amide bonds. The van der Waals surface area contributed by atoms with E-state index in [9.17, 15) is 39.5 Å². The van der Waals surface area contributed by atoms with Crippen molar-refractivity contribution in [2.45, 2.75) is 38.9 Å². The van der Waals surface area contributed by atoms with Crippen molar-refractivity contribution in [2.75, 3.05) is 6.61 Å². The van der Waals surface area contributed by atoms with E-state index in [0.717, 1.165) is 4.57 Å². The van der Waals surface area contributed by atoms with Gasteiger partial charge >= 0.3 is 18.5 Å². The minimum atomic E-state index is -5.29. The van der Waals surface area contributed by atoms with Crippen LogP contribution in [0.15, 0.2) is 23.2 Å². The summed E-state index contributed by atoms with van der Waals surface area (Å²) >= 11 is 5.64. The van der Waals surface area contributed by atoms with Gasteiger partial charge in [-0.2, -0.15) is 39.5 Å². The van der Waals surface area contributed by atoms with E-state index in [1.54, 1.807) is 0 Å². The van der Waals surface area contributed by atoms with Crippen molar-refractivity contribution in [1.82, 2.24) is 9.55 Å². The van der Waals surface area contributed by atoms with E-state index in [0.29, 0.717) is 6.07 Å². The molecular weight excluding hydrogens is 493 g/mol. The SMILES string of the molecule is CC#CCOc1cc(C(F)(F)F)nc(=Nc2cc(C(F)(F)F)cc(C(F)(F)F)c2Cl)n1CC. The van der Waals surface area contributed by atoms with Gasteiger partial charge in [0.25, 0.3) is 0 Å². The van der Waals surface area contributed by atoms with Gasteiger partial charge in [0.15, 0.2) is 18.2 Å². The molecule has 1 heterocycles. The number of aromatic nitrogens is 2. The molecule has 0 N–H and O–H groups in total. The van der Waals surface area contributed by atoms with Gasteiger partial charge in [-0.15, -0.1) is 5.92 Å². The molecule has 0 saturated carbocycles. The zero-order chi connectivity index (χ0) is 25.2. The van der Waals surface area contributed by atoms with Crippen LogP contribution in [0.5, 0.6) is 5.88 Å². The summed E-state index contributed by atoms with van der Waals surface area (Å²) in [6.45, 7) is 2.36. The first-order valence-electron chi connectivity index (χ1n) is 8.83. The zero-order valence-corrected chi connectivity index (χ0v) is 17.4. The predicted molar refractivity (Wildman–Crippen MR) is 98.5 cm³/mol. The summed E-state index contributed by atoms with van der Waals surface area (Å²) in [7, 11) is 0. The Morgan fingerprint density at radius 1 is 1.00 bits per heavy atom. The second kappa shape index (κ2) is 9.54. The number of hydrogen-bond acceptors (Lipinski definition) is 3. The summed E-state index contributed by atoms with van der Waals surface area (Å²) in [5, 5.41) is -1.24. The summed E-state index contributed by atoms with van der Waals surface area (Å²) in [6, 6.07) is 0.476. The van der Waals surface area contributed by atoms with E-state index in [2.05, 4.69) is 21.8 Å². The van der Waals surface area contributed by atoms with Gasteiger partial charge in [0, 0.05) is 12.6 Å². The molecule has 180 valence electrons. The average molecular weight is 506 g/mol. The number of alkyl halides is 9. The number of rotatable bonds is 4. The summed E-state index contributed by atoms with van der Waals surface area (Å²) < 4.78 is 125. The second-order valence-electron chi connectivity index (χ2n) is 6.20. The number of hydrogen-bond donors (Lipinski definition) is 0. The Kier molecular flexibility index (Phi) is 7.63. The molecule has 1 aromatic heterocycles. The molecule has 1 aromatic carbocycles. The smallest absolute Gasteiger partial charge is 0.433 e. The van der Waals surface area contributed by atoms with Crippen molar-refractivity contribution < 1.29 is 44.3 Å². The molecule has 0 fully saturated rings. The molecule has 0 aliphatic rings. The van der Waals surface area contributed by atoms with Crippen molar-refractivity contribution in [3.05, 3.63) is 45.7 Å². The van der Waals surface area contributed by atoms with Gasteiger partial charge in [-0.1, -0.05) is 17.5 Å². The molecular formula is C19H13ClF9N3O. The fraction of sp³-hybridized carbons (Fsp3) is 0.368. The molecule has 0 spiro atoms. The maximum atomic E-state index is 13.3. The van der Waals surface area contributed by atoms with Gasteiger partial charge < -0.3 is 4.74 Å². The quantitative estimate of drug-likeness (QED) is 0.364. The van der Waals surface area contributed by atoms with Crippen LogP contribution in [-0.4, -0.2) is 16.2 Å². The van der Waals surface area contributed by atoms with Gasteiger partial charge in [-0.3, -0.25) is 4.57 Å². The first-order valence-corrected chi connectivity index (χ1v) is 9.21. The first-order chi connectivity index (χ1) is 15.1. The van der Waals surface area contributed by atoms with Crippen molar-refractivity contribution in [3.63, 3.8) is 0 Å². The van der Waals surface area contributed by atoms with Crippen molar-refractivity contribution >= 4 is 17.3 Å². The fourth-order valence-corrected chi connectivity index (χ4v) is 2.75. The summed E-state index contributed by atoms with van der Waals surface area (Å²) in [4.78, 5) is 6.78. The lowest BCUT2D eigenvalue weighted by Crippen LogP contribution is -2.29. The summed E-state index contributed by atoms with van der Waals surface area (Å²) in [5.74, 6) is 4.43. The van der Waals surface area contributed by atoms with E-state index in [1.165, 1.54) is 13.8 Å². The van der Waals surface area contributed by atoms with E-state index in [-0.39, 0.29) is 25.3 Å². The lowest BCUT2D eigenvalue weighted by Gasteiger charge is -2.16. The topological polar surface area (TPSA) is 39.4 Å². The molecule has 4 nitrogen and oxygen atoms in total. The van der Waals surface area contributed by atoms with Crippen LogP contribution in [0.3, 0.4) is 0 Å². The molecule has 14 heteroatoms. The molecule has 0 bridgehead atoms. The van der Waals surface area contributed by atoms with Crippen LogP contribution in [0, 0.1) is 11.8 Å². The third-order valence-electron chi connectivity index (χ3n) is 3.97. The van der Waals surface area contributed by atoms with Gasteiger partial charge in [0.05, 0.1) is 21.8 Å². The first kappa shape index (κ1) is 26.4. The second-order valence-corrected chi connectivity index (χ2v) is 6.58. The highest BCUT2D eigenvalue weighted by Gasteiger charge is 2.39. The third kappa shape index (κ3) is 6.34. The lowest BCUT2D eigenvalue weighted by atomic mass is 10.1. The van der Waals surface area contributed by atoms with Crippen molar-refractivity contribution in [2.24, 2.45) is 4.99 Å². The minimum Gasteiger partial charge on any atom is -0.466 e. The molecule has 0 radical (unpaired) electrons. The largest absolute Gasteiger partial charge is 0.466 e. The molecule has 0 unspecified atom stereocenters. The Morgan fingerprint density at radius 3 is 2.12 bits per heavy atom. The molecule has 0 aliphatic heterocycles. The monoisotopic (exact) mass is 505 g/mol. The van der Waals surface area contributed by atoms with Gasteiger partial charge in [0.1, 0.15) is 0 Å². The third-order valence-corrected chi connectivity index (χ3v) is 4.37. The highest BCUT2D eigenvalue weighted by atomic mass is 35.5. The number of halogens is 10. The zero-order valence-electron chi connectivity index (χ0n) is 16.7. The minimum absolute atomic E-state index is 0.151. The molecule has 2 rings (SSSR count). The predicted octanol–water partition coefficient (Wildman–Crippen LogP) is 6.25. The molecule has 33 heavy (non-hydrogen) atoms. The molecule has 0 aliphatic carbocycles. The Labute approximate surface area is 185 Å². The van der Waals surface area contributed by atoms with E-state index in [4.69, 9.17) is 16.3 Å². The Hall–Kier alpha value is -2.88. The van der Waals surface area contributed by atoms with E-state index < -0.39 is 57.6 Å². The fourth-order valence-electron chi connectivity index (χ4n) is 2.49. The van der Waals surface area contributed by atoms with Crippen LogP contribution in [0.25, 0.3) is 0 Å². The van der Waals surface area contributed by atoms with Crippen LogP contribution < -0.4 is 10.4 Å². The van der Waals surface area contributed by atoms with Crippen LogP contribution in [-0.2, 0) is 25.1 Å². The van der Waals surface area contributed by atoms with E-state index >= 15 is 0 Å². The normalized spacial score (nSPS) is 13.0. The molecule has 0 atom stereocenters. The van der Waals surface area contributed by atoms with Gasteiger partial charge in [-0.25, -0.2) is 9.98 Å². The number of nitrogens with zero attached hydrogens (tertiary/aromatic N) is 3. The van der Waals surface area contributed by atoms with Crippen molar-refractivity contribution in [3.8, 4) is 17.7 Å².